The molecule has 1 fully saturated rings. The van der Waals surface area contributed by atoms with Gasteiger partial charge in [-0.3, -0.25) is 0 Å². The van der Waals surface area contributed by atoms with Gasteiger partial charge in [-0.1, -0.05) is 35.5 Å². The number of ether oxygens (including phenoxy) is 1. The molecule has 2 atom stereocenters. The van der Waals surface area contributed by atoms with Crippen molar-refractivity contribution in [3.8, 4) is 0 Å². The van der Waals surface area contributed by atoms with Gasteiger partial charge in [0, 0.05) is 17.3 Å². The lowest BCUT2D eigenvalue weighted by atomic mass is 9.69. The van der Waals surface area contributed by atoms with Crippen molar-refractivity contribution in [3.63, 3.8) is 0 Å². The van der Waals surface area contributed by atoms with E-state index in [2.05, 4.69) is 22.5 Å². The zero-order chi connectivity index (χ0) is 16.8. The van der Waals surface area contributed by atoms with E-state index in [-0.39, 0.29) is 12.7 Å². The second-order valence-corrected chi connectivity index (χ2v) is 6.28. The van der Waals surface area contributed by atoms with Gasteiger partial charge in [0.25, 0.3) is 0 Å². The number of aliphatic hydroxyl groups is 1. The van der Waals surface area contributed by atoms with Crippen LogP contribution in [0.4, 0.5) is 0 Å². The summed E-state index contributed by atoms with van der Waals surface area (Å²) in [4.78, 5) is 0. The van der Waals surface area contributed by atoms with Gasteiger partial charge in [0.05, 0.1) is 11.7 Å². The first kappa shape index (κ1) is 19.5. The average Bonchev–Trinajstić information content (AvgIpc) is 2.48. The molecule has 0 amide bonds. The van der Waals surface area contributed by atoms with E-state index in [9.17, 15) is 10.1 Å². The van der Waals surface area contributed by atoms with Crippen LogP contribution in [0.3, 0.4) is 0 Å². The number of alkyl halides is 1. The van der Waals surface area contributed by atoms with Crippen LogP contribution in [0, 0.1) is 0 Å². The van der Waals surface area contributed by atoms with Crippen LogP contribution in [0.5, 0.6) is 0 Å². The minimum atomic E-state index is -1.13. The third kappa shape index (κ3) is 5.55. The Morgan fingerprint density at radius 2 is 2.36 bits per heavy atom. The lowest BCUT2D eigenvalue weighted by Gasteiger charge is -2.30. The van der Waals surface area contributed by atoms with Gasteiger partial charge in [0.2, 0.25) is 0 Å². The van der Waals surface area contributed by atoms with Crippen molar-refractivity contribution in [3.05, 3.63) is 35.5 Å². The van der Waals surface area contributed by atoms with Gasteiger partial charge in [-0.15, -0.1) is 0 Å². The Kier molecular flexibility index (Phi) is 7.86. The van der Waals surface area contributed by atoms with E-state index in [0.717, 1.165) is 5.57 Å². The number of rotatable bonds is 7. The molecule has 4 N–H and O–H groups in total. The second-order valence-electron chi connectivity index (χ2n) is 5.63. The van der Waals surface area contributed by atoms with E-state index in [1.54, 1.807) is 13.0 Å². The normalized spacial score (nSPS) is 24.5. The van der Waals surface area contributed by atoms with Crippen molar-refractivity contribution < 1.29 is 19.5 Å². The summed E-state index contributed by atoms with van der Waals surface area (Å²) in [6, 6.07) is 0. The minimum Gasteiger partial charge on any atom is -0.491 e. The zero-order valence-corrected chi connectivity index (χ0v) is 14.8. The standard InChI is InChI=1S/C15H25BBrNO4/c1-4-15(3,19)10-21-13(6-5-7-17)14-11(2)8-12(9-18)22-16(14)20/h5-6,12,19-20H,2,4,7-10,18H2,1,3H3/b6-5-,14-13-/t12-,15?/m0/s1. The molecule has 7 heteroatoms. The van der Waals surface area contributed by atoms with E-state index in [1.165, 1.54) is 0 Å². The van der Waals surface area contributed by atoms with Gasteiger partial charge in [-0.05, 0) is 31.4 Å². The fraction of sp³-hybridized carbons (Fsp3) is 0.600. The van der Waals surface area contributed by atoms with Crippen LogP contribution in [0.1, 0.15) is 26.7 Å². The summed E-state index contributed by atoms with van der Waals surface area (Å²) in [6.45, 7) is 8.03. The van der Waals surface area contributed by atoms with Crippen molar-refractivity contribution in [1.82, 2.24) is 0 Å². The average molecular weight is 374 g/mol. The smallest absolute Gasteiger partial charge is 0.491 e. The van der Waals surface area contributed by atoms with E-state index in [4.69, 9.17) is 15.1 Å². The van der Waals surface area contributed by atoms with E-state index >= 15 is 0 Å². The summed E-state index contributed by atoms with van der Waals surface area (Å²) < 4.78 is 11.2. The predicted octanol–water partition coefficient (Wildman–Crippen LogP) is 1.69. The second kappa shape index (κ2) is 8.89. The van der Waals surface area contributed by atoms with Crippen LogP contribution in [-0.4, -0.2) is 47.4 Å². The van der Waals surface area contributed by atoms with Crippen molar-refractivity contribution in [2.24, 2.45) is 5.73 Å². The summed E-state index contributed by atoms with van der Waals surface area (Å²) in [5.41, 5.74) is 5.89. The highest BCUT2D eigenvalue weighted by molar-refractivity contribution is 9.09. The Bertz CT molecular complexity index is 451. The number of nitrogens with two attached hydrogens (primary N) is 1. The Balaban J connectivity index is 3.02. The minimum absolute atomic E-state index is 0.120. The third-order valence-corrected chi connectivity index (χ3v) is 3.98. The summed E-state index contributed by atoms with van der Waals surface area (Å²) >= 11 is 3.31. The first-order chi connectivity index (χ1) is 10.3. The molecule has 0 aromatic carbocycles. The molecule has 1 unspecified atom stereocenters. The predicted molar refractivity (Wildman–Crippen MR) is 92.5 cm³/mol. The molecule has 124 valence electrons. The molecule has 1 rings (SSSR count). The Labute approximate surface area is 141 Å². The molecule has 0 aliphatic carbocycles. The largest absolute Gasteiger partial charge is 0.495 e. The summed E-state index contributed by atoms with van der Waals surface area (Å²) in [7, 11) is -1.13. The van der Waals surface area contributed by atoms with Gasteiger partial charge < -0.3 is 25.3 Å². The van der Waals surface area contributed by atoms with Crippen molar-refractivity contribution in [2.75, 3.05) is 18.5 Å². The van der Waals surface area contributed by atoms with E-state index < -0.39 is 12.7 Å². The monoisotopic (exact) mass is 373 g/mol. The molecule has 1 heterocycles. The summed E-state index contributed by atoms with van der Waals surface area (Å²) in [5.74, 6) is 0.459. The lowest BCUT2D eigenvalue weighted by molar-refractivity contribution is -0.0126. The summed E-state index contributed by atoms with van der Waals surface area (Å²) in [5, 5.41) is 21.0. The molecule has 5 nitrogen and oxygen atoms in total. The molecule has 0 bridgehead atoms. The lowest BCUT2D eigenvalue weighted by Crippen LogP contribution is -2.40. The quantitative estimate of drug-likeness (QED) is 0.359. The molecule has 0 spiro atoms. The highest BCUT2D eigenvalue weighted by Gasteiger charge is 2.35. The van der Waals surface area contributed by atoms with E-state index in [1.807, 2.05) is 13.0 Å². The van der Waals surface area contributed by atoms with Crippen LogP contribution in [0.25, 0.3) is 0 Å². The van der Waals surface area contributed by atoms with Crippen molar-refractivity contribution in [2.45, 2.75) is 38.4 Å². The first-order valence-corrected chi connectivity index (χ1v) is 8.50. The molecule has 0 saturated carbocycles. The van der Waals surface area contributed by atoms with Gasteiger partial charge in [-0.2, -0.15) is 0 Å². The van der Waals surface area contributed by atoms with Crippen molar-refractivity contribution >= 4 is 23.0 Å². The van der Waals surface area contributed by atoms with Crippen LogP contribution < -0.4 is 5.73 Å². The van der Waals surface area contributed by atoms with Crippen molar-refractivity contribution in [1.29, 1.82) is 0 Å². The molecule has 0 aromatic heterocycles. The fourth-order valence-corrected chi connectivity index (χ4v) is 2.18. The maximum Gasteiger partial charge on any atom is 0.495 e. The highest BCUT2D eigenvalue weighted by atomic mass is 79.9. The molecule has 0 radical (unpaired) electrons. The Hall–Kier alpha value is -0.595. The molecule has 22 heavy (non-hydrogen) atoms. The number of halogens is 1. The molecule has 1 aliphatic rings. The fourth-order valence-electron chi connectivity index (χ4n) is 2.00. The summed E-state index contributed by atoms with van der Waals surface area (Å²) in [6.07, 6.45) is 4.45. The molecule has 1 saturated heterocycles. The maximum absolute atomic E-state index is 10.2. The van der Waals surface area contributed by atoms with Gasteiger partial charge in [0.15, 0.2) is 0 Å². The number of hydrogen-bond donors (Lipinski definition) is 3. The zero-order valence-electron chi connectivity index (χ0n) is 13.2. The molecular formula is C15H25BBrNO4. The Morgan fingerprint density at radius 1 is 1.68 bits per heavy atom. The molecule has 0 aromatic rings. The topological polar surface area (TPSA) is 84.9 Å². The van der Waals surface area contributed by atoms with Gasteiger partial charge in [-0.25, -0.2) is 0 Å². The molecular weight excluding hydrogens is 349 g/mol. The number of allylic oxidation sites excluding steroid dienone is 3. The first-order valence-electron chi connectivity index (χ1n) is 7.38. The molecule has 1 aliphatic heterocycles. The third-order valence-electron chi connectivity index (χ3n) is 3.61. The maximum atomic E-state index is 10.2. The highest BCUT2D eigenvalue weighted by Crippen LogP contribution is 2.29. The van der Waals surface area contributed by atoms with Crippen LogP contribution in [0.15, 0.2) is 35.5 Å². The van der Waals surface area contributed by atoms with E-state index in [0.29, 0.717) is 35.9 Å². The number of hydrogen-bond acceptors (Lipinski definition) is 5. The SMILES string of the molecule is C=C1C[C@@H](CN)OB(O)/C1=C(/C=C\CBr)OCC(C)(O)CC. The van der Waals surface area contributed by atoms with Crippen LogP contribution in [-0.2, 0) is 9.39 Å². The van der Waals surface area contributed by atoms with Gasteiger partial charge >= 0.3 is 7.12 Å². The van der Waals surface area contributed by atoms with Crippen LogP contribution in [0.2, 0.25) is 0 Å². The van der Waals surface area contributed by atoms with Gasteiger partial charge in [0.1, 0.15) is 12.4 Å². The Morgan fingerprint density at radius 3 is 2.86 bits per heavy atom. The van der Waals surface area contributed by atoms with Crippen LogP contribution >= 0.6 is 15.9 Å².